The van der Waals surface area contributed by atoms with E-state index in [2.05, 4.69) is 20.3 Å². The van der Waals surface area contributed by atoms with Crippen LogP contribution in [0.5, 0.6) is 5.75 Å². The fourth-order valence-electron chi connectivity index (χ4n) is 4.21. The Morgan fingerprint density at radius 2 is 1.62 bits per heavy atom. The number of aromatic nitrogens is 1. The number of anilines is 2. The summed E-state index contributed by atoms with van der Waals surface area (Å²) in [6.45, 7) is 2.74. The molecule has 0 spiro atoms. The first-order valence-electron chi connectivity index (χ1n) is 13.1. The first kappa shape index (κ1) is 30.1. The summed E-state index contributed by atoms with van der Waals surface area (Å²) >= 11 is 0. The quantitative estimate of drug-likeness (QED) is 0.222. The second-order valence-electron chi connectivity index (χ2n) is 9.77. The normalized spacial score (nSPS) is 11.0. The van der Waals surface area contributed by atoms with E-state index >= 15 is 0 Å². The van der Waals surface area contributed by atoms with Crippen molar-refractivity contribution in [2.75, 3.05) is 44.3 Å². The Balaban J connectivity index is 1.46. The smallest absolute Gasteiger partial charge is 0.265 e. The summed E-state index contributed by atoms with van der Waals surface area (Å²) < 4.78 is 35.0. The van der Waals surface area contributed by atoms with Gasteiger partial charge in [0.25, 0.3) is 21.8 Å². The Kier molecular flexibility index (Phi) is 9.43. The van der Waals surface area contributed by atoms with E-state index in [0.717, 1.165) is 5.56 Å². The lowest BCUT2D eigenvalue weighted by Crippen LogP contribution is -2.28. The van der Waals surface area contributed by atoms with Gasteiger partial charge < -0.3 is 20.3 Å². The Morgan fingerprint density at radius 3 is 2.36 bits per heavy atom. The number of rotatable bonds is 11. The number of carbonyl (C=O) groups excluding carboxylic acids is 2. The first-order chi connectivity index (χ1) is 20.1. The van der Waals surface area contributed by atoms with E-state index in [0.29, 0.717) is 46.7 Å². The van der Waals surface area contributed by atoms with Crippen molar-refractivity contribution in [3.8, 4) is 16.9 Å². The third-order valence-corrected chi connectivity index (χ3v) is 7.72. The van der Waals surface area contributed by atoms with Crippen LogP contribution >= 0.6 is 0 Å². The monoisotopic (exact) mass is 587 g/mol. The van der Waals surface area contributed by atoms with E-state index in [1.165, 1.54) is 24.3 Å². The van der Waals surface area contributed by atoms with Gasteiger partial charge in [0.05, 0.1) is 18.4 Å². The molecule has 2 amide bonds. The molecule has 4 aromatic rings. The van der Waals surface area contributed by atoms with Crippen molar-refractivity contribution >= 4 is 33.2 Å². The predicted molar refractivity (Wildman–Crippen MR) is 163 cm³/mol. The molecular formula is C31H33N5O5S. The molecule has 218 valence electrons. The average Bonchev–Trinajstić information content (AvgIpc) is 2.98. The van der Waals surface area contributed by atoms with Crippen LogP contribution in [-0.2, 0) is 10.0 Å². The molecule has 0 aliphatic rings. The van der Waals surface area contributed by atoms with E-state index in [9.17, 15) is 18.0 Å². The summed E-state index contributed by atoms with van der Waals surface area (Å²) in [5.41, 5.74) is 4.15. The summed E-state index contributed by atoms with van der Waals surface area (Å²) in [6.07, 6.45) is 3.03. The highest BCUT2D eigenvalue weighted by Gasteiger charge is 2.21. The van der Waals surface area contributed by atoms with Crippen molar-refractivity contribution in [1.29, 1.82) is 0 Å². The lowest BCUT2D eigenvalue weighted by atomic mass is 10.1. The summed E-state index contributed by atoms with van der Waals surface area (Å²) in [7, 11) is 0.621. The molecular weight excluding hydrogens is 554 g/mol. The fourth-order valence-corrected chi connectivity index (χ4v) is 5.46. The Hall–Kier alpha value is -4.90. The van der Waals surface area contributed by atoms with Crippen LogP contribution in [0.2, 0.25) is 0 Å². The molecule has 0 saturated heterocycles. The molecule has 0 radical (unpaired) electrons. The molecule has 3 N–H and O–H groups in total. The molecule has 0 fully saturated rings. The molecule has 1 aromatic heterocycles. The van der Waals surface area contributed by atoms with Gasteiger partial charge in [0.1, 0.15) is 10.6 Å². The second-order valence-corrected chi connectivity index (χ2v) is 11.4. The first-order valence-corrected chi connectivity index (χ1v) is 14.6. The molecule has 0 unspecified atom stereocenters. The third kappa shape index (κ3) is 7.43. The molecule has 0 aliphatic carbocycles. The summed E-state index contributed by atoms with van der Waals surface area (Å²) in [4.78, 5) is 30.3. The molecule has 1 heterocycles. The zero-order valence-corrected chi connectivity index (χ0v) is 24.7. The van der Waals surface area contributed by atoms with Crippen LogP contribution < -0.4 is 20.1 Å². The summed E-state index contributed by atoms with van der Waals surface area (Å²) in [5.74, 6) is -0.210. The molecule has 0 aliphatic heterocycles. The van der Waals surface area contributed by atoms with E-state index in [1.54, 1.807) is 68.8 Å². The Bertz CT molecular complexity index is 1710. The molecule has 0 bridgehead atoms. The number of pyridine rings is 1. The number of hydrogen-bond donors (Lipinski definition) is 3. The zero-order chi connectivity index (χ0) is 30.3. The molecule has 0 atom stereocenters. The number of carbonyl (C=O) groups is 2. The topological polar surface area (TPSA) is 130 Å². The van der Waals surface area contributed by atoms with Gasteiger partial charge in [-0.2, -0.15) is 0 Å². The highest BCUT2D eigenvalue weighted by atomic mass is 32.2. The average molecular weight is 588 g/mol. The number of nitrogens with zero attached hydrogens (tertiary/aromatic N) is 2. The molecule has 0 saturated carbocycles. The van der Waals surface area contributed by atoms with Crippen LogP contribution in [0.1, 0.15) is 26.3 Å². The largest absolute Gasteiger partial charge is 0.495 e. The van der Waals surface area contributed by atoms with E-state index in [1.807, 2.05) is 25.1 Å². The van der Waals surface area contributed by atoms with Gasteiger partial charge in [0.2, 0.25) is 0 Å². The van der Waals surface area contributed by atoms with Gasteiger partial charge in [0.15, 0.2) is 0 Å². The van der Waals surface area contributed by atoms with Gasteiger partial charge in [-0.25, -0.2) is 8.42 Å². The van der Waals surface area contributed by atoms with Crippen molar-refractivity contribution in [2.45, 2.75) is 11.8 Å². The van der Waals surface area contributed by atoms with E-state index in [4.69, 9.17) is 4.74 Å². The number of nitrogens with one attached hydrogen (secondary N) is 3. The number of sulfonamides is 1. The van der Waals surface area contributed by atoms with Crippen molar-refractivity contribution in [2.24, 2.45) is 0 Å². The second kappa shape index (κ2) is 13.2. The van der Waals surface area contributed by atoms with Crippen LogP contribution in [0.4, 0.5) is 11.4 Å². The van der Waals surface area contributed by atoms with Gasteiger partial charge in [-0.1, -0.05) is 29.8 Å². The van der Waals surface area contributed by atoms with Crippen molar-refractivity contribution in [1.82, 2.24) is 15.2 Å². The van der Waals surface area contributed by atoms with Crippen LogP contribution in [0.3, 0.4) is 0 Å². The van der Waals surface area contributed by atoms with Crippen LogP contribution in [0.15, 0.2) is 90.1 Å². The lowest BCUT2D eigenvalue weighted by molar-refractivity contribution is 0.0826. The summed E-state index contributed by atoms with van der Waals surface area (Å²) in [5, 5.41) is 6.06. The van der Waals surface area contributed by atoms with Crippen LogP contribution in [-0.4, -0.2) is 64.4 Å². The number of ether oxygens (including phenoxy) is 1. The van der Waals surface area contributed by atoms with Crippen molar-refractivity contribution in [3.05, 3.63) is 102 Å². The summed E-state index contributed by atoms with van der Waals surface area (Å²) in [6, 6.07) is 20.6. The standard InChI is InChI=1S/C31H33N5O5S/c1-21-7-5-8-23(15-21)30(37)34-14-13-33-26-9-6-10-27(18-26)35-42(39,40)29-17-22(11-12-28(29)41-4)24-16-25(20-32-19-24)31(38)36(2)3/h5-12,15-20,33,35H,13-14H2,1-4H3,(H,34,37). The molecule has 11 heteroatoms. The van der Waals surface area contributed by atoms with Gasteiger partial charge in [-0.15, -0.1) is 0 Å². The maximum absolute atomic E-state index is 13.5. The molecule has 3 aromatic carbocycles. The number of aryl methyl sites for hydroxylation is 1. The maximum atomic E-state index is 13.5. The lowest BCUT2D eigenvalue weighted by Gasteiger charge is -2.15. The van der Waals surface area contributed by atoms with Gasteiger partial charge in [0, 0.05) is 56.4 Å². The van der Waals surface area contributed by atoms with E-state index in [-0.39, 0.29) is 22.5 Å². The third-order valence-electron chi connectivity index (χ3n) is 6.31. The highest BCUT2D eigenvalue weighted by Crippen LogP contribution is 2.31. The van der Waals surface area contributed by atoms with Crippen LogP contribution in [0, 0.1) is 6.92 Å². The zero-order valence-electron chi connectivity index (χ0n) is 23.8. The van der Waals surface area contributed by atoms with Gasteiger partial charge in [-0.05, 0) is 61.0 Å². The predicted octanol–water partition coefficient (Wildman–Crippen LogP) is 4.41. The minimum atomic E-state index is -4.07. The molecule has 4 rings (SSSR count). The number of hydrogen-bond acceptors (Lipinski definition) is 7. The van der Waals surface area contributed by atoms with Crippen molar-refractivity contribution < 1.29 is 22.7 Å². The highest BCUT2D eigenvalue weighted by molar-refractivity contribution is 7.92. The molecule has 42 heavy (non-hydrogen) atoms. The number of amides is 2. The number of methoxy groups -OCH3 is 1. The fraction of sp³-hybridized carbons (Fsp3) is 0.194. The Labute approximate surface area is 245 Å². The minimum Gasteiger partial charge on any atom is -0.495 e. The molecule has 10 nitrogen and oxygen atoms in total. The number of benzene rings is 3. The Morgan fingerprint density at radius 1 is 0.857 bits per heavy atom. The minimum absolute atomic E-state index is 0.0657. The van der Waals surface area contributed by atoms with Crippen molar-refractivity contribution in [3.63, 3.8) is 0 Å². The SMILES string of the molecule is COc1ccc(-c2cncc(C(=O)N(C)C)c2)cc1S(=O)(=O)Nc1cccc(NCCNC(=O)c2cccc(C)c2)c1. The van der Waals surface area contributed by atoms with E-state index < -0.39 is 10.0 Å². The maximum Gasteiger partial charge on any atom is 0.265 e. The van der Waals surface area contributed by atoms with Crippen LogP contribution in [0.25, 0.3) is 11.1 Å². The van der Waals surface area contributed by atoms with Gasteiger partial charge in [-0.3, -0.25) is 19.3 Å². The van der Waals surface area contributed by atoms with Gasteiger partial charge >= 0.3 is 0 Å².